The second kappa shape index (κ2) is 6.89. The summed E-state index contributed by atoms with van der Waals surface area (Å²) in [6.07, 6.45) is -4.99. The Balaban J connectivity index is 2.67. The van der Waals surface area contributed by atoms with Crippen LogP contribution in [0.15, 0.2) is 0 Å². The monoisotopic (exact) mass is 295 g/mol. The summed E-state index contributed by atoms with van der Waals surface area (Å²) in [6.45, 7) is 7.91. The lowest BCUT2D eigenvalue weighted by molar-refractivity contribution is -0.151. The molecule has 0 radical (unpaired) electrons. The number of likely N-dealkylation sites (tertiary alicyclic amines) is 1. The number of carbonyl (C=O) groups is 1. The lowest BCUT2D eigenvalue weighted by atomic mass is 9.97. The minimum absolute atomic E-state index is 0.0493. The smallest absolute Gasteiger partial charge is 0.376 e. The molecule has 20 heavy (non-hydrogen) atoms. The molecule has 1 aliphatic heterocycles. The fourth-order valence-electron chi connectivity index (χ4n) is 2.55. The second-order valence-corrected chi connectivity index (χ2v) is 5.90. The first kappa shape index (κ1) is 17.4. The standard InChI is InChI=1S/C14H24F3NO2/c1-9(2)13(19)12-11(5-7-18(12)10(3)4)20-8-6-14(15,16)17/h9-12H,5-8H2,1-4H3/t11-,12-/m0/s1. The van der Waals surface area contributed by atoms with Gasteiger partial charge in [0.2, 0.25) is 0 Å². The van der Waals surface area contributed by atoms with Crippen molar-refractivity contribution in [2.45, 2.75) is 64.9 Å². The van der Waals surface area contributed by atoms with Crippen molar-refractivity contribution in [1.82, 2.24) is 4.90 Å². The van der Waals surface area contributed by atoms with E-state index in [9.17, 15) is 18.0 Å². The SMILES string of the molecule is CC(C)C(=O)[C@@H]1[C@@H](OCCC(F)(F)F)CCN1C(C)C. The Bertz CT molecular complexity index is 329. The summed E-state index contributed by atoms with van der Waals surface area (Å²) in [5.74, 6) is -0.0960. The highest BCUT2D eigenvalue weighted by Crippen LogP contribution is 2.27. The molecular weight excluding hydrogens is 271 g/mol. The first-order valence-corrected chi connectivity index (χ1v) is 7.11. The molecule has 1 aliphatic rings. The van der Waals surface area contributed by atoms with Crippen LogP contribution in [0.3, 0.4) is 0 Å². The van der Waals surface area contributed by atoms with Crippen molar-refractivity contribution in [3.05, 3.63) is 0 Å². The fourth-order valence-corrected chi connectivity index (χ4v) is 2.55. The number of Topliss-reactive ketones (excluding diaryl/α,β-unsaturated/α-hetero) is 1. The molecule has 0 unspecified atom stereocenters. The van der Waals surface area contributed by atoms with Gasteiger partial charge in [-0.1, -0.05) is 13.8 Å². The number of ether oxygens (including phenoxy) is 1. The lowest BCUT2D eigenvalue weighted by Crippen LogP contribution is -2.47. The molecule has 0 aromatic rings. The summed E-state index contributed by atoms with van der Waals surface area (Å²) in [7, 11) is 0. The topological polar surface area (TPSA) is 29.5 Å². The molecule has 1 heterocycles. The van der Waals surface area contributed by atoms with E-state index in [1.54, 1.807) is 0 Å². The van der Waals surface area contributed by atoms with Crippen molar-refractivity contribution >= 4 is 5.78 Å². The Morgan fingerprint density at radius 1 is 1.30 bits per heavy atom. The number of hydrogen-bond acceptors (Lipinski definition) is 3. The minimum Gasteiger partial charge on any atom is -0.376 e. The molecule has 0 bridgehead atoms. The molecule has 0 N–H and O–H groups in total. The predicted molar refractivity (Wildman–Crippen MR) is 70.5 cm³/mol. The minimum atomic E-state index is -4.21. The van der Waals surface area contributed by atoms with E-state index in [4.69, 9.17) is 4.74 Å². The van der Waals surface area contributed by atoms with Crippen LogP contribution in [-0.4, -0.2) is 48.2 Å². The molecule has 3 nitrogen and oxygen atoms in total. The number of hydrogen-bond donors (Lipinski definition) is 0. The number of ketones is 1. The van der Waals surface area contributed by atoms with E-state index < -0.39 is 24.7 Å². The van der Waals surface area contributed by atoms with Gasteiger partial charge in [0.25, 0.3) is 0 Å². The van der Waals surface area contributed by atoms with Gasteiger partial charge in [-0.15, -0.1) is 0 Å². The first-order valence-electron chi connectivity index (χ1n) is 7.11. The Morgan fingerprint density at radius 2 is 1.90 bits per heavy atom. The average molecular weight is 295 g/mol. The first-order chi connectivity index (χ1) is 9.13. The molecule has 0 aliphatic carbocycles. The van der Waals surface area contributed by atoms with Crippen LogP contribution in [0.25, 0.3) is 0 Å². The molecular formula is C14H24F3NO2. The van der Waals surface area contributed by atoms with E-state index in [0.29, 0.717) is 13.0 Å². The third kappa shape index (κ3) is 4.74. The maximum Gasteiger partial charge on any atom is 0.391 e. The number of rotatable bonds is 6. The molecule has 118 valence electrons. The molecule has 0 aromatic heterocycles. The van der Waals surface area contributed by atoms with E-state index in [1.165, 1.54) is 0 Å². The zero-order valence-corrected chi connectivity index (χ0v) is 12.5. The van der Waals surface area contributed by atoms with Crippen molar-refractivity contribution in [3.8, 4) is 0 Å². The molecule has 2 atom stereocenters. The molecule has 0 spiro atoms. The van der Waals surface area contributed by atoms with Crippen LogP contribution in [0, 0.1) is 5.92 Å². The van der Waals surface area contributed by atoms with Gasteiger partial charge in [0.1, 0.15) is 0 Å². The van der Waals surface area contributed by atoms with Crippen LogP contribution in [0.2, 0.25) is 0 Å². The van der Waals surface area contributed by atoms with Gasteiger partial charge in [0.15, 0.2) is 5.78 Å². The average Bonchev–Trinajstić information content (AvgIpc) is 2.70. The van der Waals surface area contributed by atoms with Crippen molar-refractivity contribution in [2.24, 2.45) is 5.92 Å². The zero-order valence-electron chi connectivity index (χ0n) is 12.5. The van der Waals surface area contributed by atoms with Gasteiger partial charge in [-0.3, -0.25) is 9.69 Å². The van der Waals surface area contributed by atoms with E-state index in [2.05, 4.69) is 0 Å². The van der Waals surface area contributed by atoms with Gasteiger partial charge in [0.05, 0.1) is 25.2 Å². The summed E-state index contributed by atoms with van der Waals surface area (Å²) in [5, 5.41) is 0. The highest BCUT2D eigenvalue weighted by molar-refractivity contribution is 5.86. The van der Waals surface area contributed by atoms with Gasteiger partial charge in [-0.2, -0.15) is 13.2 Å². The van der Waals surface area contributed by atoms with Crippen LogP contribution < -0.4 is 0 Å². The van der Waals surface area contributed by atoms with E-state index in [-0.39, 0.29) is 24.3 Å². The zero-order chi connectivity index (χ0) is 15.5. The molecule has 0 saturated carbocycles. The Labute approximate surface area is 118 Å². The van der Waals surface area contributed by atoms with Crippen molar-refractivity contribution in [2.75, 3.05) is 13.2 Å². The maximum atomic E-state index is 12.3. The third-order valence-corrected chi connectivity index (χ3v) is 3.62. The Kier molecular flexibility index (Phi) is 6.01. The van der Waals surface area contributed by atoms with E-state index >= 15 is 0 Å². The molecule has 0 aromatic carbocycles. The van der Waals surface area contributed by atoms with Crippen molar-refractivity contribution in [1.29, 1.82) is 0 Å². The molecule has 0 amide bonds. The van der Waals surface area contributed by atoms with Crippen LogP contribution in [0.1, 0.15) is 40.5 Å². The Morgan fingerprint density at radius 3 is 2.35 bits per heavy atom. The molecule has 6 heteroatoms. The highest BCUT2D eigenvalue weighted by atomic mass is 19.4. The quantitative estimate of drug-likeness (QED) is 0.754. The van der Waals surface area contributed by atoms with E-state index in [1.807, 2.05) is 32.6 Å². The lowest BCUT2D eigenvalue weighted by Gasteiger charge is -2.31. The van der Waals surface area contributed by atoms with Crippen LogP contribution in [-0.2, 0) is 9.53 Å². The highest BCUT2D eigenvalue weighted by Gasteiger charge is 2.42. The number of carbonyl (C=O) groups excluding carboxylic acids is 1. The van der Waals surface area contributed by atoms with Crippen LogP contribution in [0.5, 0.6) is 0 Å². The van der Waals surface area contributed by atoms with Gasteiger partial charge >= 0.3 is 6.18 Å². The summed E-state index contributed by atoms with van der Waals surface area (Å²) < 4.78 is 41.8. The summed E-state index contributed by atoms with van der Waals surface area (Å²) in [4.78, 5) is 14.3. The van der Waals surface area contributed by atoms with E-state index in [0.717, 1.165) is 0 Å². The molecule has 1 saturated heterocycles. The number of alkyl halides is 3. The summed E-state index contributed by atoms with van der Waals surface area (Å²) >= 11 is 0. The van der Waals surface area contributed by atoms with Gasteiger partial charge in [-0.25, -0.2) is 0 Å². The van der Waals surface area contributed by atoms with Crippen molar-refractivity contribution in [3.63, 3.8) is 0 Å². The van der Waals surface area contributed by atoms with Crippen LogP contribution in [0.4, 0.5) is 13.2 Å². The maximum absolute atomic E-state index is 12.3. The summed E-state index contributed by atoms with van der Waals surface area (Å²) in [5.41, 5.74) is 0. The number of nitrogens with zero attached hydrogens (tertiary/aromatic N) is 1. The number of halogens is 3. The van der Waals surface area contributed by atoms with Gasteiger partial charge < -0.3 is 4.74 Å². The largest absolute Gasteiger partial charge is 0.391 e. The van der Waals surface area contributed by atoms with Gasteiger partial charge in [-0.05, 0) is 20.3 Å². The van der Waals surface area contributed by atoms with Crippen molar-refractivity contribution < 1.29 is 22.7 Å². The summed E-state index contributed by atoms with van der Waals surface area (Å²) in [6, 6.07) is -0.234. The third-order valence-electron chi connectivity index (χ3n) is 3.62. The van der Waals surface area contributed by atoms with Gasteiger partial charge in [0, 0.05) is 18.5 Å². The molecule has 1 rings (SSSR count). The fraction of sp³-hybridized carbons (Fsp3) is 0.929. The predicted octanol–water partition coefficient (Wildman–Crippen LogP) is 3.03. The Hall–Kier alpha value is -0.620. The second-order valence-electron chi connectivity index (χ2n) is 5.90. The molecule has 1 fully saturated rings. The normalized spacial score (nSPS) is 24.9. The van der Waals surface area contributed by atoms with Crippen LogP contribution >= 0.6 is 0 Å².